The lowest BCUT2D eigenvalue weighted by atomic mass is 9.79. The fourth-order valence-corrected chi connectivity index (χ4v) is 3.19. The minimum absolute atomic E-state index is 0.641. The zero-order valence-electron chi connectivity index (χ0n) is 11.9. The highest BCUT2D eigenvalue weighted by Crippen LogP contribution is 2.29. The molecule has 6 nitrogen and oxygen atoms in total. The van der Waals surface area contributed by atoms with Crippen LogP contribution in [0.1, 0.15) is 25.7 Å². The van der Waals surface area contributed by atoms with Crippen LogP contribution in [0.4, 0.5) is 5.82 Å². The van der Waals surface area contributed by atoms with E-state index in [-0.39, 0.29) is 0 Å². The minimum atomic E-state index is 0.641. The molecule has 0 spiro atoms. The number of rotatable bonds is 4. The number of nitrogens with two attached hydrogens (primary N) is 1. The van der Waals surface area contributed by atoms with E-state index in [1.54, 1.807) is 11.0 Å². The van der Waals surface area contributed by atoms with Gasteiger partial charge in [-0.15, -0.1) is 0 Å². The van der Waals surface area contributed by atoms with E-state index in [2.05, 4.69) is 20.4 Å². The summed E-state index contributed by atoms with van der Waals surface area (Å²) < 4.78 is 1.77. The largest absolute Gasteiger partial charge is 0.369 e. The third kappa shape index (κ3) is 2.47. The molecule has 108 valence electrons. The molecular formula is C14H22N6. The molecule has 0 bridgehead atoms. The van der Waals surface area contributed by atoms with Gasteiger partial charge in [-0.25, -0.2) is 9.97 Å². The number of aromatic nitrogens is 4. The Labute approximate surface area is 118 Å². The molecule has 0 aliphatic heterocycles. The van der Waals surface area contributed by atoms with Gasteiger partial charge in [0.2, 0.25) is 0 Å². The molecule has 6 heteroatoms. The molecule has 0 amide bonds. The van der Waals surface area contributed by atoms with E-state index in [0.717, 1.165) is 29.9 Å². The molecule has 3 N–H and O–H groups in total. The summed E-state index contributed by atoms with van der Waals surface area (Å²) in [7, 11) is 1.89. The number of anilines is 1. The van der Waals surface area contributed by atoms with Crippen molar-refractivity contribution in [2.75, 3.05) is 18.4 Å². The summed E-state index contributed by atoms with van der Waals surface area (Å²) in [6, 6.07) is 0. The Morgan fingerprint density at radius 1 is 1.30 bits per heavy atom. The van der Waals surface area contributed by atoms with Gasteiger partial charge in [-0.05, 0) is 31.2 Å². The second-order valence-electron chi connectivity index (χ2n) is 5.65. The van der Waals surface area contributed by atoms with Crippen LogP contribution >= 0.6 is 0 Å². The molecule has 2 heterocycles. The Morgan fingerprint density at radius 3 is 2.90 bits per heavy atom. The molecule has 0 saturated heterocycles. The fraction of sp³-hybridized carbons (Fsp3) is 0.643. The van der Waals surface area contributed by atoms with Gasteiger partial charge in [0, 0.05) is 13.6 Å². The average molecular weight is 274 g/mol. The normalized spacial score (nSPS) is 23.1. The summed E-state index contributed by atoms with van der Waals surface area (Å²) in [5.74, 6) is 2.17. The highest BCUT2D eigenvalue weighted by Gasteiger charge is 2.24. The van der Waals surface area contributed by atoms with Gasteiger partial charge >= 0.3 is 0 Å². The third-order valence-electron chi connectivity index (χ3n) is 4.43. The van der Waals surface area contributed by atoms with Gasteiger partial charge in [0.05, 0.1) is 11.6 Å². The summed E-state index contributed by atoms with van der Waals surface area (Å²) >= 11 is 0. The van der Waals surface area contributed by atoms with Crippen LogP contribution in [-0.4, -0.2) is 32.8 Å². The zero-order chi connectivity index (χ0) is 13.9. The smallest absolute Gasteiger partial charge is 0.163 e. The predicted octanol–water partition coefficient (Wildman–Crippen LogP) is 1.54. The molecule has 2 aromatic rings. The van der Waals surface area contributed by atoms with E-state index in [1.165, 1.54) is 25.7 Å². The van der Waals surface area contributed by atoms with E-state index in [9.17, 15) is 0 Å². The first-order chi connectivity index (χ1) is 9.79. The molecule has 2 unspecified atom stereocenters. The van der Waals surface area contributed by atoms with E-state index in [1.807, 2.05) is 13.2 Å². The van der Waals surface area contributed by atoms with Crippen molar-refractivity contribution in [1.29, 1.82) is 0 Å². The maximum absolute atomic E-state index is 5.89. The Bertz CT molecular complexity index is 578. The molecule has 0 radical (unpaired) electrons. The predicted molar refractivity (Wildman–Crippen MR) is 79.3 cm³/mol. The van der Waals surface area contributed by atoms with Gasteiger partial charge in [0.15, 0.2) is 5.65 Å². The lowest BCUT2D eigenvalue weighted by molar-refractivity contribution is 0.255. The van der Waals surface area contributed by atoms with E-state index < -0.39 is 0 Å². The van der Waals surface area contributed by atoms with Crippen molar-refractivity contribution >= 4 is 16.9 Å². The van der Waals surface area contributed by atoms with E-state index in [4.69, 9.17) is 5.73 Å². The lowest BCUT2D eigenvalue weighted by Gasteiger charge is -2.30. The van der Waals surface area contributed by atoms with Crippen LogP contribution in [0.5, 0.6) is 0 Å². The number of fused-ring (bicyclic) bond motifs is 1. The molecule has 1 aliphatic rings. The monoisotopic (exact) mass is 274 g/mol. The summed E-state index contributed by atoms with van der Waals surface area (Å²) in [4.78, 5) is 8.61. The topological polar surface area (TPSA) is 81.7 Å². The number of nitrogens with zero attached hydrogens (tertiary/aromatic N) is 4. The number of hydrogen-bond donors (Lipinski definition) is 2. The van der Waals surface area contributed by atoms with Gasteiger partial charge < -0.3 is 11.1 Å². The Balaban J connectivity index is 1.73. The van der Waals surface area contributed by atoms with Crippen molar-refractivity contribution in [3.63, 3.8) is 0 Å². The number of hydrogen-bond acceptors (Lipinski definition) is 5. The van der Waals surface area contributed by atoms with Gasteiger partial charge in [-0.1, -0.05) is 12.8 Å². The zero-order valence-corrected chi connectivity index (χ0v) is 11.9. The van der Waals surface area contributed by atoms with E-state index in [0.29, 0.717) is 11.8 Å². The molecule has 0 aromatic carbocycles. The van der Waals surface area contributed by atoms with Crippen LogP contribution in [-0.2, 0) is 7.05 Å². The van der Waals surface area contributed by atoms with Crippen LogP contribution in [0.15, 0.2) is 12.5 Å². The fourth-order valence-electron chi connectivity index (χ4n) is 3.19. The maximum Gasteiger partial charge on any atom is 0.163 e. The highest BCUT2D eigenvalue weighted by molar-refractivity contribution is 5.85. The molecule has 20 heavy (non-hydrogen) atoms. The summed E-state index contributed by atoms with van der Waals surface area (Å²) in [6.45, 7) is 1.72. The molecule has 1 fully saturated rings. The van der Waals surface area contributed by atoms with Crippen LogP contribution in [0.25, 0.3) is 11.0 Å². The first-order valence-corrected chi connectivity index (χ1v) is 7.36. The highest BCUT2D eigenvalue weighted by atomic mass is 15.3. The molecule has 1 saturated carbocycles. The molecular weight excluding hydrogens is 252 g/mol. The Morgan fingerprint density at radius 2 is 2.10 bits per heavy atom. The number of nitrogens with one attached hydrogen (secondary N) is 1. The van der Waals surface area contributed by atoms with Crippen LogP contribution in [0, 0.1) is 11.8 Å². The summed E-state index contributed by atoms with van der Waals surface area (Å²) in [5.41, 5.74) is 6.75. The molecule has 2 aromatic heterocycles. The Hall–Kier alpha value is -1.69. The van der Waals surface area contributed by atoms with Gasteiger partial charge in [0.25, 0.3) is 0 Å². The average Bonchev–Trinajstić information content (AvgIpc) is 2.88. The molecule has 2 atom stereocenters. The lowest BCUT2D eigenvalue weighted by Crippen LogP contribution is -2.31. The van der Waals surface area contributed by atoms with Crippen molar-refractivity contribution in [3.8, 4) is 0 Å². The molecule has 3 rings (SSSR count). The second kappa shape index (κ2) is 5.75. The van der Waals surface area contributed by atoms with Crippen molar-refractivity contribution in [2.24, 2.45) is 24.6 Å². The maximum atomic E-state index is 5.89. The van der Waals surface area contributed by atoms with Crippen molar-refractivity contribution in [1.82, 2.24) is 19.7 Å². The van der Waals surface area contributed by atoms with Gasteiger partial charge in [-0.2, -0.15) is 5.10 Å². The minimum Gasteiger partial charge on any atom is -0.369 e. The number of aryl methyl sites for hydroxylation is 1. The van der Waals surface area contributed by atoms with Crippen LogP contribution < -0.4 is 11.1 Å². The van der Waals surface area contributed by atoms with Gasteiger partial charge in [0.1, 0.15) is 12.1 Å². The first-order valence-electron chi connectivity index (χ1n) is 7.36. The van der Waals surface area contributed by atoms with Crippen molar-refractivity contribution in [2.45, 2.75) is 25.7 Å². The third-order valence-corrected chi connectivity index (χ3v) is 4.43. The molecule has 1 aliphatic carbocycles. The second-order valence-corrected chi connectivity index (χ2v) is 5.65. The van der Waals surface area contributed by atoms with Crippen LogP contribution in [0.2, 0.25) is 0 Å². The quantitative estimate of drug-likeness (QED) is 0.884. The van der Waals surface area contributed by atoms with E-state index >= 15 is 0 Å². The summed E-state index contributed by atoms with van der Waals surface area (Å²) in [5, 5.41) is 8.69. The SMILES string of the molecule is Cn1ncc2c(NCC3CCCCC3CN)ncnc21. The van der Waals surface area contributed by atoms with Gasteiger partial charge in [-0.3, -0.25) is 4.68 Å². The summed E-state index contributed by atoms with van der Waals surface area (Å²) in [6.07, 6.45) is 8.56. The standard InChI is InChI=1S/C14H22N6/c1-20-14-12(8-19-20)13(17-9-18-14)16-7-11-5-3-2-4-10(11)6-15/h8-11H,2-7,15H2,1H3,(H,16,17,18). The van der Waals surface area contributed by atoms with Crippen molar-refractivity contribution in [3.05, 3.63) is 12.5 Å². The first kappa shape index (κ1) is 13.3. The van der Waals surface area contributed by atoms with Crippen LogP contribution in [0.3, 0.4) is 0 Å². The Kier molecular flexibility index (Phi) is 3.82. The van der Waals surface area contributed by atoms with Crippen molar-refractivity contribution < 1.29 is 0 Å².